The third-order valence-electron chi connectivity index (χ3n) is 11.1. The normalized spacial score (nSPS) is 14.5. The van der Waals surface area contributed by atoms with Gasteiger partial charge >= 0.3 is 0 Å². The molecule has 0 fully saturated rings. The lowest BCUT2D eigenvalue weighted by Crippen LogP contribution is -2.21. The average molecular weight is 690 g/mol. The first-order valence-corrected chi connectivity index (χ1v) is 18.5. The van der Waals surface area contributed by atoms with Crippen molar-refractivity contribution < 1.29 is 9.15 Å². The molecule has 4 aromatic heterocycles. The number of nitrogens with zero attached hydrogens (tertiary/aromatic N) is 3. The highest BCUT2D eigenvalue weighted by Gasteiger charge is 2.43. The molecule has 8 aromatic rings. The van der Waals surface area contributed by atoms with Gasteiger partial charge < -0.3 is 9.15 Å². The van der Waals surface area contributed by atoms with Gasteiger partial charge in [0.1, 0.15) is 5.58 Å². The van der Waals surface area contributed by atoms with Gasteiger partial charge in [-0.1, -0.05) is 118 Å². The second-order valence-electron chi connectivity index (χ2n) is 15.9. The van der Waals surface area contributed by atoms with Gasteiger partial charge in [0.05, 0.1) is 11.4 Å². The molecule has 0 radical (unpaired) electrons. The monoisotopic (exact) mass is 689 g/mol. The highest BCUT2D eigenvalue weighted by molar-refractivity contribution is 6.08. The molecule has 0 amide bonds. The third kappa shape index (κ3) is 5.59. The van der Waals surface area contributed by atoms with Gasteiger partial charge in [0, 0.05) is 39.7 Å². The van der Waals surface area contributed by atoms with Crippen molar-refractivity contribution in [2.24, 2.45) is 5.41 Å². The summed E-state index contributed by atoms with van der Waals surface area (Å²) in [5.74, 6) is 0.946. The van der Waals surface area contributed by atoms with Crippen LogP contribution in [0, 0.1) is 5.41 Å². The average Bonchev–Trinajstić information content (AvgIpc) is 3.84. The lowest BCUT2D eigenvalue weighted by atomic mass is 9.82. The van der Waals surface area contributed by atoms with Crippen LogP contribution in [0.15, 0.2) is 138 Å². The Labute approximate surface area is 309 Å². The summed E-state index contributed by atoms with van der Waals surface area (Å²) >= 11 is 0. The summed E-state index contributed by atoms with van der Waals surface area (Å²) in [5, 5.41) is 2.11. The molecule has 0 N–H and O–H groups in total. The molecule has 5 nitrogen and oxygen atoms in total. The van der Waals surface area contributed by atoms with E-state index in [2.05, 4.69) is 112 Å². The minimum Gasteiger partial charge on any atom is -0.437 e. The Morgan fingerprint density at radius 1 is 0.547 bits per heavy atom. The standard InChI is InChI=1S/C48H39N3O2/c1-47(2,3)39-20-10-9-17-35(39)33-24-41(30-13-5-4-6-14-30)50-44(25-33)52-43-22-12-21-40(49-43)37-19-11-18-36-38-23-34-28-48(26-31-15-7-8-16-32(31)27-48)29-42(34)51-46(38)53-45(36)37/h4-25H,26-29H2,1-3H3. The highest BCUT2D eigenvalue weighted by Crippen LogP contribution is 2.48. The van der Waals surface area contributed by atoms with Crippen molar-refractivity contribution in [2.45, 2.75) is 51.9 Å². The van der Waals surface area contributed by atoms with Crippen LogP contribution in [0.1, 0.15) is 48.7 Å². The first kappa shape index (κ1) is 31.6. The fourth-order valence-corrected chi connectivity index (χ4v) is 8.74. The minimum absolute atomic E-state index is 0.0400. The van der Waals surface area contributed by atoms with Crippen molar-refractivity contribution in [1.82, 2.24) is 15.0 Å². The van der Waals surface area contributed by atoms with Crippen LogP contribution >= 0.6 is 0 Å². The number of hydrogen-bond acceptors (Lipinski definition) is 5. The van der Waals surface area contributed by atoms with Crippen LogP contribution in [0.25, 0.3) is 55.7 Å². The molecule has 10 rings (SSSR count). The van der Waals surface area contributed by atoms with Gasteiger partial charge in [-0.2, -0.15) is 0 Å². The van der Waals surface area contributed by atoms with Gasteiger partial charge in [-0.05, 0) is 94.2 Å². The molecule has 0 saturated carbocycles. The Bertz CT molecular complexity index is 2680. The van der Waals surface area contributed by atoms with Crippen LogP contribution < -0.4 is 4.74 Å². The van der Waals surface area contributed by atoms with Crippen molar-refractivity contribution in [3.8, 4) is 45.4 Å². The maximum atomic E-state index is 6.60. The summed E-state index contributed by atoms with van der Waals surface area (Å²) in [7, 11) is 0. The lowest BCUT2D eigenvalue weighted by Gasteiger charge is -2.23. The SMILES string of the molecule is CC(C)(C)c1ccccc1-c1cc(Oc2cccc(-c3cccc4c3oc3nc5c(cc34)CC3(Cc4ccccc4C3)C5)n2)nc(-c2ccccc2)c1. The summed E-state index contributed by atoms with van der Waals surface area (Å²) in [5.41, 5.74) is 14.2. The molecule has 258 valence electrons. The predicted octanol–water partition coefficient (Wildman–Crippen LogP) is 11.7. The number of pyridine rings is 3. The summed E-state index contributed by atoms with van der Waals surface area (Å²) in [6, 6.07) is 46.3. The molecule has 0 bridgehead atoms. The van der Waals surface area contributed by atoms with Gasteiger partial charge in [0.15, 0.2) is 0 Å². The first-order chi connectivity index (χ1) is 25.8. The van der Waals surface area contributed by atoms with Gasteiger partial charge in [-0.3, -0.25) is 0 Å². The number of rotatable bonds is 5. The molecular weight excluding hydrogens is 651 g/mol. The molecular formula is C48H39N3O2. The molecule has 4 heterocycles. The molecule has 0 atom stereocenters. The number of fused-ring (bicyclic) bond motifs is 5. The van der Waals surface area contributed by atoms with E-state index in [9.17, 15) is 0 Å². The molecule has 0 saturated heterocycles. The van der Waals surface area contributed by atoms with Gasteiger partial charge in [-0.25, -0.2) is 15.0 Å². The van der Waals surface area contributed by atoms with E-state index in [1.165, 1.54) is 27.9 Å². The van der Waals surface area contributed by atoms with E-state index < -0.39 is 0 Å². The second-order valence-corrected chi connectivity index (χ2v) is 15.9. The topological polar surface area (TPSA) is 61.0 Å². The molecule has 1 spiro atoms. The lowest BCUT2D eigenvalue weighted by molar-refractivity contribution is 0.325. The fraction of sp³-hybridized carbons (Fsp3) is 0.188. The zero-order valence-corrected chi connectivity index (χ0v) is 30.2. The number of furan rings is 1. The Morgan fingerprint density at radius 3 is 2.06 bits per heavy atom. The van der Waals surface area contributed by atoms with Crippen molar-refractivity contribution in [3.63, 3.8) is 0 Å². The number of aromatic nitrogens is 3. The smallest absolute Gasteiger partial charge is 0.227 e. The number of benzene rings is 4. The largest absolute Gasteiger partial charge is 0.437 e. The van der Waals surface area contributed by atoms with Crippen molar-refractivity contribution in [2.75, 3.05) is 0 Å². The molecule has 2 aliphatic rings. The van der Waals surface area contributed by atoms with E-state index in [1.54, 1.807) is 0 Å². The summed E-state index contributed by atoms with van der Waals surface area (Å²) in [6.45, 7) is 6.73. The second kappa shape index (κ2) is 12.0. The quantitative estimate of drug-likeness (QED) is 0.180. The van der Waals surface area contributed by atoms with Crippen LogP contribution in [0.3, 0.4) is 0 Å². The van der Waals surface area contributed by atoms with Crippen LogP contribution in [0.4, 0.5) is 0 Å². The van der Waals surface area contributed by atoms with E-state index in [0.717, 1.165) is 75.7 Å². The third-order valence-corrected chi connectivity index (χ3v) is 11.1. The van der Waals surface area contributed by atoms with Crippen LogP contribution in [0.2, 0.25) is 0 Å². The maximum Gasteiger partial charge on any atom is 0.227 e. The zero-order chi connectivity index (χ0) is 35.7. The Morgan fingerprint density at radius 2 is 1.25 bits per heavy atom. The van der Waals surface area contributed by atoms with Crippen LogP contribution in [-0.2, 0) is 31.1 Å². The Balaban J connectivity index is 1.00. The fourth-order valence-electron chi connectivity index (χ4n) is 8.74. The van der Waals surface area contributed by atoms with E-state index in [0.29, 0.717) is 17.5 Å². The van der Waals surface area contributed by atoms with Crippen molar-refractivity contribution in [1.29, 1.82) is 0 Å². The molecule has 4 aromatic carbocycles. The van der Waals surface area contributed by atoms with E-state index in [4.69, 9.17) is 24.1 Å². The number of hydrogen-bond donors (Lipinski definition) is 0. The predicted molar refractivity (Wildman–Crippen MR) is 212 cm³/mol. The van der Waals surface area contributed by atoms with Crippen LogP contribution in [0.5, 0.6) is 11.8 Å². The Hall–Kier alpha value is -6.07. The molecule has 2 aliphatic carbocycles. The van der Waals surface area contributed by atoms with E-state index >= 15 is 0 Å². The molecule has 53 heavy (non-hydrogen) atoms. The van der Waals surface area contributed by atoms with E-state index in [1.807, 2.05) is 42.5 Å². The summed E-state index contributed by atoms with van der Waals surface area (Å²) in [4.78, 5) is 15.1. The Kier molecular flexibility index (Phi) is 7.16. The minimum atomic E-state index is -0.0400. The number of ether oxygens (including phenoxy) is 1. The van der Waals surface area contributed by atoms with Crippen molar-refractivity contribution in [3.05, 3.63) is 161 Å². The maximum absolute atomic E-state index is 6.60. The van der Waals surface area contributed by atoms with Gasteiger partial charge in [0.2, 0.25) is 17.5 Å². The van der Waals surface area contributed by atoms with Crippen molar-refractivity contribution >= 4 is 22.1 Å². The van der Waals surface area contributed by atoms with Gasteiger partial charge in [0.25, 0.3) is 0 Å². The molecule has 0 unspecified atom stereocenters. The van der Waals surface area contributed by atoms with Crippen LogP contribution in [-0.4, -0.2) is 15.0 Å². The number of para-hydroxylation sites is 1. The molecule has 0 aliphatic heterocycles. The summed E-state index contributed by atoms with van der Waals surface area (Å²) in [6.07, 6.45) is 4.28. The zero-order valence-electron chi connectivity index (χ0n) is 30.2. The summed E-state index contributed by atoms with van der Waals surface area (Å²) < 4.78 is 13.1. The van der Waals surface area contributed by atoms with E-state index in [-0.39, 0.29) is 10.8 Å². The van der Waals surface area contributed by atoms with Gasteiger partial charge in [-0.15, -0.1) is 0 Å². The molecule has 5 heteroatoms. The first-order valence-electron chi connectivity index (χ1n) is 18.5. The highest BCUT2D eigenvalue weighted by atomic mass is 16.5.